The van der Waals surface area contributed by atoms with Crippen LogP contribution in [-0.2, 0) is 21.4 Å². The summed E-state index contributed by atoms with van der Waals surface area (Å²) in [5.41, 5.74) is 0.921. The van der Waals surface area contributed by atoms with Crippen molar-refractivity contribution >= 4 is 21.9 Å². The van der Waals surface area contributed by atoms with Gasteiger partial charge in [0.05, 0.1) is 6.04 Å². The van der Waals surface area contributed by atoms with E-state index in [1.54, 1.807) is 23.2 Å². The van der Waals surface area contributed by atoms with Gasteiger partial charge in [-0.15, -0.1) is 0 Å². The van der Waals surface area contributed by atoms with Crippen molar-refractivity contribution in [3.05, 3.63) is 54.2 Å². The number of piperazine rings is 1. The molecule has 1 fully saturated rings. The molecule has 0 radical (unpaired) electrons. The second kappa shape index (κ2) is 7.16. The van der Waals surface area contributed by atoms with Crippen LogP contribution in [0, 0.1) is 0 Å². The summed E-state index contributed by atoms with van der Waals surface area (Å²) in [5, 5.41) is 0. The van der Waals surface area contributed by atoms with Crippen molar-refractivity contribution in [3.63, 3.8) is 0 Å². The zero-order chi connectivity index (χ0) is 18.9. The van der Waals surface area contributed by atoms with Gasteiger partial charge < -0.3 is 14.5 Å². The number of fused-ring (bicyclic) bond motifs is 3. The first-order valence-corrected chi connectivity index (χ1v) is 10.2. The van der Waals surface area contributed by atoms with Crippen molar-refractivity contribution < 1.29 is 17.9 Å². The summed E-state index contributed by atoms with van der Waals surface area (Å²) in [6, 6.07) is 12.4. The Bertz CT molecular complexity index is 935. The van der Waals surface area contributed by atoms with Gasteiger partial charge in [-0.1, -0.05) is 30.3 Å². The summed E-state index contributed by atoms with van der Waals surface area (Å²) in [7, 11) is -3.61. The molecule has 0 bridgehead atoms. The molecule has 1 aromatic heterocycles. The van der Waals surface area contributed by atoms with E-state index in [4.69, 9.17) is 4.74 Å². The molecule has 0 spiro atoms. The highest BCUT2D eigenvalue weighted by Crippen LogP contribution is 2.28. The SMILES string of the molecule is O=C(OCc1ccccc1)N1CCN2c3ncccc3S(=O)(=O)NCC2C1. The van der Waals surface area contributed by atoms with Gasteiger partial charge in [-0.3, -0.25) is 0 Å². The lowest BCUT2D eigenvalue weighted by molar-refractivity contribution is 0.0891. The summed E-state index contributed by atoms with van der Waals surface area (Å²) >= 11 is 0. The molecule has 1 saturated heterocycles. The van der Waals surface area contributed by atoms with Gasteiger partial charge in [0, 0.05) is 32.4 Å². The lowest BCUT2D eigenvalue weighted by atomic mass is 10.1. The van der Waals surface area contributed by atoms with Gasteiger partial charge in [0.1, 0.15) is 17.3 Å². The Kier molecular flexibility index (Phi) is 4.71. The molecular formula is C18H20N4O4S. The van der Waals surface area contributed by atoms with Gasteiger partial charge in [0.15, 0.2) is 0 Å². The summed E-state index contributed by atoms with van der Waals surface area (Å²) in [4.78, 5) is 20.5. The molecule has 8 nitrogen and oxygen atoms in total. The minimum Gasteiger partial charge on any atom is -0.445 e. The number of anilines is 1. The number of amides is 1. The molecule has 9 heteroatoms. The fraction of sp³-hybridized carbons (Fsp3) is 0.333. The van der Waals surface area contributed by atoms with Crippen molar-refractivity contribution in [2.75, 3.05) is 31.1 Å². The fourth-order valence-corrected chi connectivity index (χ4v) is 4.61. The monoisotopic (exact) mass is 388 g/mol. The van der Waals surface area contributed by atoms with Crippen LogP contribution in [0.3, 0.4) is 0 Å². The minimum atomic E-state index is -3.61. The predicted octanol–water partition coefficient (Wildman–Crippen LogP) is 1.20. The molecule has 2 aromatic rings. The van der Waals surface area contributed by atoms with Crippen LogP contribution in [0.4, 0.5) is 10.6 Å². The number of pyridine rings is 1. The van der Waals surface area contributed by atoms with Crippen molar-refractivity contribution in [2.45, 2.75) is 17.5 Å². The first-order valence-electron chi connectivity index (χ1n) is 8.71. The summed E-state index contributed by atoms with van der Waals surface area (Å²) in [6.45, 7) is 1.72. The molecule has 27 heavy (non-hydrogen) atoms. The van der Waals surface area contributed by atoms with Crippen molar-refractivity contribution in [2.24, 2.45) is 0 Å². The molecule has 2 aliphatic heterocycles. The van der Waals surface area contributed by atoms with E-state index in [-0.39, 0.29) is 24.1 Å². The molecule has 0 saturated carbocycles. The zero-order valence-electron chi connectivity index (χ0n) is 14.6. The highest BCUT2D eigenvalue weighted by Gasteiger charge is 2.37. The smallest absolute Gasteiger partial charge is 0.410 e. The lowest BCUT2D eigenvalue weighted by Gasteiger charge is -2.40. The van der Waals surface area contributed by atoms with Crippen LogP contribution in [0.25, 0.3) is 0 Å². The zero-order valence-corrected chi connectivity index (χ0v) is 15.4. The van der Waals surface area contributed by atoms with Gasteiger partial charge in [-0.05, 0) is 17.7 Å². The fourth-order valence-electron chi connectivity index (χ4n) is 3.38. The van der Waals surface area contributed by atoms with Gasteiger partial charge in [0.25, 0.3) is 0 Å². The largest absolute Gasteiger partial charge is 0.445 e. The predicted molar refractivity (Wildman–Crippen MR) is 98.8 cm³/mol. The quantitative estimate of drug-likeness (QED) is 0.831. The van der Waals surface area contributed by atoms with Crippen LogP contribution in [0.1, 0.15) is 5.56 Å². The molecule has 3 heterocycles. The summed E-state index contributed by atoms with van der Waals surface area (Å²) < 4.78 is 32.9. The van der Waals surface area contributed by atoms with E-state index >= 15 is 0 Å². The number of benzene rings is 1. The molecule has 1 unspecified atom stereocenters. The number of aromatic nitrogens is 1. The first-order chi connectivity index (χ1) is 13.0. The second-order valence-electron chi connectivity index (χ2n) is 6.51. The highest BCUT2D eigenvalue weighted by atomic mass is 32.2. The molecule has 1 amide bonds. The van der Waals surface area contributed by atoms with Gasteiger partial charge in [-0.25, -0.2) is 22.9 Å². The van der Waals surface area contributed by atoms with Crippen molar-refractivity contribution in [3.8, 4) is 0 Å². The Hall–Kier alpha value is -2.65. The van der Waals surface area contributed by atoms with Crippen molar-refractivity contribution in [1.29, 1.82) is 0 Å². The minimum absolute atomic E-state index is 0.174. The maximum Gasteiger partial charge on any atom is 0.410 e. The molecule has 4 rings (SSSR count). The van der Waals surface area contributed by atoms with Crippen LogP contribution in [-0.4, -0.2) is 56.6 Å². The molecule has 1 N–H and O–H groups in total. The summed E-state index contributed by atoms with van der Waals surface area (Å²) in [5.74, 6) is 0.435. The third kappa shape index (κ3) is 3.60. The van der Waals surface area contributed by atoms with Crippen LogP contribution in [0.5, 0.6) is 0 Å². The van der Waals surface area contributed by atoms with E-state index in [0.717, 1.165) is 5.56 Å². The van der Waals surface area contributed by atoms with E-state index in [0.29, 0.717) is 25.5 Å². The second-order valence-corrected chi connectivity index (χ2v) is 8.25. The topological polar surface area (TPSA) is 91.8 Å². The molecule has 142 valence electrons. The van der Waals surface area contributed by atoms with Gasteiger partial charge >= 0.3 is 6.09 Å². The number of sulfonamides is 1. The molecule has 1 aromatic carbocycles. The number of hydrogen-bond acceptors (Lipinski definition) is 6. The van der Waals surface area contributed by atoms with E-state index in [9.17, 15) is 13.2 Å². The Morgan fingerprint density at radius 3 is 2.81 bits per heavy atom. The number of ether oxygens (including phenoxy) is 1. The van der Waals surface area contributed by atoms with E-state index < -0.39 is 16.1 Å². The number of carbonyl (C=O) groups excluding carboxylic acids is 1. The number of nitrogens with one attached hydrogen (secondary N) is 1. The highest BCUT2D eigenvalue weighted by molar-refractivity contribution is 7.89. The Labute approximate surface area is 157 Å². The molecular weight excluding hydrogens is 368 g/mol. The number of carbonyl (C=O) groups is 1. The normalized spacial score (nSPS) is 21.0. The lowest BCUT2D eigenvalue weighted by Crippen LogP contribution is -2.57. The van der Waals surface area contributed by atoms with Crippen LogP contribution in [0.2, 0.25) is 0 Å². The third-order valence-corrected chi connectivity index (χ3v) is 6.21. The Balaban J connectivity index is 1.47. The van der Waals surface area contributed by atoms with E-state index in [1.807, 2.05) is 35.2 Å². The standard InChI is InChI=1S/C18H20N4O4S/c23-18(26-13-14-5-2-1-3-6-14)21-9-10-22-15(12-21)11-20-27(24,25)16-7-4-8-19-17(16)22/h1-8,15,20H,9-13H2. The first kappa shape index (κ1) is 17.7. The maximum absolute atomic E-state index is 12.4. The van der Waals surface area contributed by atoms with Crippen LogP contribution in [0.15, 0.2) is 53.6 Å². The van der Waals surface area contributed by atoms with Gasteiger partial charge in [-0.2, -0.15) is 0 Å². The van der Waals surface area contributed by atoms with Crippen LogP contribution < -0.4 is 9.62 Å². The molecule has 1 atom stereocenters. The summed E-state index contributed by atoms with van der Waals surface area (Å²) in [6.07, 6.45) is 1.18. The molecule has 2 aliphatic rings. The Morgan fingerprint density at radius 1 is 1.19 bits per heavy atom. The number of hydrogen-bond donors (Lipinski definition) is 1. The third-order valence-electron chi connectivity index (χ3n) is 4.77. The number of rotatable bonds is 2. The van der Waals surface area contributed by atoms with E-state index in [2.05, 4.69) is 9.71 Å². The van der Waals surface area contributed by atoms with Crippen LogP contribution >= 0.6 is 0 Å². The number of nitrogens with zero attached hydrogens (tertiary/aromatic N) is 3. The molecule has 0 aliphatic carbocycles. The van der Waals surface area contributed by atoms with Gasteiger partial charge in [0.2, 0.25) is 10.0 Å². The van der Waals surface area contributed by atoms with E-state index in [1.165, 1.54) is 0 Å². The average Bonchev–Trinajstić information content (AvgIpc) is 2.81. The average molecular weight is 388 g/mol. The Morgan fingerprint density at radius 2 is 2.00 bits per heavy atom. The van der Waals surface area contributed by atoms with Crippen molar-refractivity contribution in [1.82, 2.24) is 14.6 Å². The maximum atomic E-state index is 12.4.